The van der Waals surface area contributed by atoms with Crippen LogP contribution in [-0.4, -0.2) is 9.97 Å². The molecule has 3 aliphatic rings. The molecule has 1 heterocycles. The molecule has 0 aliphatic heterocycles. The molecular formula is C47H44N2. The van der Waals surface area contributed by atoms with Crippen molar-refractivity contribution in [3.63, 3.8) is 0 Å². The molecule has 0 bridgehead atoms. The van der Waals surface area contributed by atoms with Gasteiger partial charge in [0.15, 0.2) is 5.82 Å². The Hall–Kier alpha value is -5.08. The van der Waals surface area contributed by atoms with Gasteiger partial charge in [-0.05, 0) is 102 Å². The first-order chi connectivity index (χ1) is 24.1. The first-order valence-electron chi connectivity index (χ1n) is 18.2. The molecule has 1 saturated carbocycles. The lowest BCUT2D eigenvalue weighted by Crippen LogP contribution is -2.32. The maximum absolute atomic E-state index is 5.11. The molecule has 1 aromatic heterocycles. The zero-order chi connectivity index (χ0) is 33.0. The maximum atomic E-state index is 5.11. The number of benzene rings is 4. The fourth-order valence-electron chi connectivity index (χ4n) is 7.89. The second-order valence-corrected chi connectivity index (χ2v) is 14.1. The van der Waals surface area contributed by atoms with Crippen LogP contribution in [0.4, 0.5) is 0 Å². The van der Waals surface area contributed by atoms with Gasteiger partial charge < -0.3 is 0 Å². The van der Waals surface area contributed by atoms with Crippen molar-refractivity contribution >= 4 is 11.1 Å². The van der Waals surface area contributed by atoms with Gasteiger partial charge in [0.25, 0.3) is 0 Å². The van der Waals surface area contributed by atoms with Gasteiger partial charge in [-0.25, -0.2) is 9.97 Å². The molecule has 5 aromatic rings. The first kappa shape index (κ1) is 31.2. The van der Waals surface area contributed by atoms with Crippen LogP contribution in [0.2, 0.25) is 0 Å². The van der Waals surface area contributed by atoms with Crippen LogP contribution in [0, 0.1) is 5.92 Å². The first-order valence-corrected chi connectivity index (χ1v) is 18.2. The Morgan fingerprint density at radius 2 is 1.04 bits per heavy atom. The third kappa shape index (κ3) is 6.53. The minimum atomic E-state index is 0.00280. The van der Waals surface area contributed by atoms with Gasteiger partial charge in [0, 0.05) is 16.5 Å². The smallest absolute Gasteiger partial charge is 0.160 e. The Bertz CT molecular complexity index is 2030. The molecule has 0 saturated heterocycles. The number of nitrogens with zero attached hydrogens (tertiary/aromatic N) is 2. The topological polar surface area (TPSA) is 25.8 Å². The number of rotatable bonds is 7. The van der Waals surface area contributed by atoms with E-state index in [2.05, 4.69) is 153 Å². The SMILES string of the molecule is CC1CCC(c2ccc(-c3ccc(C4=CCCC=C4)cc3)cc2)(c2ccc(-c3nc(C4=CCCC=C4)cc(-c4ccccc4)n3)cc2)CC1. The van der Waals surface area contributed by atoms with Crippen molar-refractivity contribution in [3.8, 4) is 33.8 Å². The van der Waals surface area contributed by atoms with E-state index in [1.807, 2.05) is 0 Å². The van der Waals surface area contributed by atoms with Gasteiger partial charge >= 0.3 is 0 Å². The van der Waals surface area contributed by atoms with Gasteiger partial charge in [0.2, 0.25) is 0 Å². The molecule has 0 spiro atoms. The summed E-state index contributed by atoms with van der Waals surface area (Å²) in [6.45, 7) is 2.41. The van der Waals surface area contributed by atoms with Crippen LogP contribution in [0.25, 0.3) is 44.9 Å². The highest BCUT2D eigenvalue weighted by Crippen LogP contribution is 2.47. The average molecular weight is 637 g/mol. The van der Waals surface area contributed by atoms with Crippen molar-refractivity contribution in [1.29, 1.82) is 0 Å². The lowest BCUT2D eigenvalue weighted by atomic mass is 9.63. The highest BCUT2D eigenvalue weighted by molar-refractivity contribution is 5.78. The van der Waals surface area contributed by atoms with Gasteiger partial charge in [0.05, 0.1) is 11.4 Å². The molecule has 2 nitrogen and oxygen atoms in total. The quantitative estimate of drug-likeness (QED) is 0.178. The van der Waals surface area contributed by atoms with Crippen molar-refractivity contribution in [2.75, 3.05) is 0 Å². The van der Waals surface area contributed by atoms with Crippen LogP contribution in [0.15, 0.2) is 146 Å². The van der Waals surface area contributed by atoms with Crippen LogP contribution in [-0.2, 0) is 5.41 Å². The summed E-state index contributed by atoms with van der Waals surface area (Å²) in [5.41, 5.74) is 13.3. The standard InChI is InChI=1S/C47H44N2/c1-34-29-31-47(32-30-34,42-25-21-38(22-26-42)37-19-17-36(18-20-37)35-11-5-2-6-12-35)43-27-23-41(24-28-43)46-48-44(39-13-7-3-8-14-39)33-45(49-46)40-15-9-4-10-16-40/h3,5,7-9,11-28,33-34H,2,4,6,10,29-32H2,1H3. The van der Waals surface area contributed by atoms with Gasteiger partial charge in [-0.15, -0.1) is 0 Å². The van der Waals surface area contributed by atoms with Crippen LogP contribution in [0.5, 0.6) is 0 Å². The van der Waals surface area contributed by atoms with Crippen LogP contribution >= 0.6 is 0 Å². The van der Waals surface area contributed by atoms with Crippen LogP contribution in [0.3, 0.4) is 0 Å². The lowest BCUT2D eigenvalue weighted by molar-refractivity contribution is 0.280. The molecular weight excluding hydrogens is 593 g/mol. The predicted octanol–water partition coefficient (Wildman–Crippen LogP) is 12.4. The molecule has 49 heavy (non-hydrogen) atoms. The minimum absolute atomic E-state index is 0.00280. The molecule has 0 N–H and O–H groups in total. The highest BCUT2D eigenvalue weighted by atomic mass is 14.9. The third-order valence-electron chi connectivity index (χ3n) is 10.9. The van der Waals surface area contributed by atoms with Gasteiger partial charge in [0.1, 0.15) is 0 Å². The van der Waals surface area contributed by atoms with E-state index in [9.17, 15) is 0 Å². The Balaban J connectivity index is 1.11. The van der Waals surface area contributed by atoms with Crippen molar-refractivity contribution < 1.29 is 0 Å². The summed E-state index contributed by atoms with van der Waals surface area (Å²) in [4.78, 5) is 10.2. The molecule has 4 aromatic carbocycles. The summed E-state index contributed by atoms with van der Waals surface area (Å²) in [7, 11) is 0. The summed E-state index contributed by atoms with van der Waals surface area (Å²) in [5, 5.41) is 0. The average Bonchev–Trinajstić information content (AvgIpc) is 3.19. The van der Waals surface area contributed by atoms with Crippen molar-refractivity contribution in [2.24, 2.45) is 5.92 Å². The van der Waals surface area contributed by atoms with E-state index in [0.29, 0.717) is 0 Å². The molecule has 3 aliphatic carbocycles. The highest BCUT2D eigenvalue weighted by Gasteiger charge is 2.37. The Morgan fingerprint density at radius 1 is 0.510 bits per heavy atom. The third-order valence-corrected chi connectivity index (χ3v) is 10.9. The minimum Gasteiger partial charge on any atom is -0.228 e. The molecule has 1 fully saturated rings. The van der Waals surface area contributed by atoms with Crippen LogP contribution < -0.4 is 0 Å². The fourth-order valence-corrected chi connectivity index (χ4v) is 7.89. The van der Waals surface area contributed by atoms with E-state index in [-0.39, 0.29) is 5.41 Å². The van der Waals surface area contributed by atoms with Gasteiger partial charge in [-0.3, -0.25) is 0 Å². The number of aromatic nitrogens is 2. The largest absolute Gasteiger partial charge is 0.228 e. The number of allylic oxidation sites excluding steroid dienone is 8. The summed E-state index contributed by atoms with van der Waals surface area (Å²) in [6, 6.07) is 40.3. The number of hydrogen-bond acceptors (Lipinski definition) is 2. The second-order valence-electron chi connectivity index (χ2n) is 14.1. The van der Waals surface area contributed by atoms with Gasteiger partial charge in [-0.1, -0.05) is 147 Å². The van der Waals surface area contributed by atoms with E-state index >= 15 is 0 Å². The fraction of sp³-hybridized carbons (Fsp3) is 0.234. The van der Waals surface area contributed by atoms with Crippen molar-refractivity contribution in [2.45, 2.75) is 63.7 Å². The molecule has 0 unspecified atom stereocenters. The van der Waals surface area contributed by atoms with E-state index in [1.165, 1.54) is 51.8 Å². The van der Waals surface area contributed by atoms with Gasteiger partial charge in [-0.2, -0.15) is 0 Å². The Morgan fingerprint density at radius 3 is 1.63 bits per heavy atom. The molecule has 0 radical (unpaired) electrons. The number of hydrogen-bond donors (Lipinski definition) is 0. The van der Waals surface area contributed by atoms with E-state index in [4.69, 9.17) is 9.97 Å². The van der Waals surface area contributed by atoms with E-state index in [1.54, 1.807) is 0 Å². The van der Waals surface area contributed by atoms with Crippen molar-refractivity contribution in [3.05, 3.63) is 168 Å². The summed E-state index contributed by atoms with van der Waals surface area (Å²) in [6.07, 6.45) is 22.8. The molecule has 0 atom stereocenters. The zero-order valence-corrected chi connectivity index (χ0v) is 28.5. The molecule has 2 heteroatoms. The maximum Gasteiger partial charge on any atom is 0.160 e. The predicted molar refractivity (Wildman–Crippen MR) is 206 cm³/mol. The van der Waals surface area contributed by atoms with Crippen LogP contribution in [0.1, 0.15) is 80.7 Å². The summed E-state index contributed by atoms with van der Waals surface area (Å²) in [5.74, 6) is 1.54. The monoisotopic (exact) mass is 636 g/mol. The molecule has 242 valence electrons. The summed E-state index contributed by atoms with van der Waals surface area (Å²) >= 11 is 0. The Labute approximate surface area is 291 Å². The van der Waals surface area contributed by atoms with E-state index < -0.39 is 0 Å². The molecule has 0 amide bonds. The van der Waals surface area contributed by atoms with Crippen molar-refractivity contribution in [1.82, 2.24) is 9.97 Å². The Kier molecular flexibility index (Phi) is 8.79. The van der Waals surface area contributed by atoms with E-state index in [0.717, 1.165) is 72.8 Å². The zero-order valence-electron chi connectivity index (χ0n) is 28.5. The summed E-state index contributed by atoms with van der Waals surface area (Å²) < 4.78 is 0. The second kappa shape index (κ2) is 13.8. The molecule has 8 rings (SSSR count). The normalized spacial score (nSPS) is 20.5. The lowest BCUT2D eigenvalue weighted by Gasteiger charge is -2.41.